The molecule has 2 rings (SSSR count). The summed E-state index contributed by atoms with van der Waals surface area (Å²) in [4.78, 5) is 24.4. The van der Waals surface area contributed by atoms with Crippen LogP contribution in [-0.2, 0) is 23.8 Å². The third-order valence-corrected chi connectivity index (χ3v) is 4.58. The van der Waals surface area contributed by atoms with Gasteiger partial charge in [0.05, 0.1) is 13.2 Å². The van der Waals surface area contributed by atoms with E-state index in [-0.39, 0.29) is 18.0 Å². The van der Waals surface area contributed by atoms with E-state index in [2.05, 4.69) is 0 Å². The van der Waals surface area contributed by atoms with Crippen LogP contribution < -0.4 is 0 Å². The van der Waals surface area contributed by atoms with E-state index in [1.165, 1.54) is 7.11 Å². The summed E-state index contributed by atoms with van der Waals surface area (Å²) in [5, 5.41) is 9.58. The number of carbonyl (C=O) groups is 2. The van der Waals surface area contributed by atoms with Crippen LogP contribution in [0.3, 0.4) is 0 Å². The molecule has 1 fully saturated rings. The Morgan fingerprint density at radius 2 is 2.12 bits per heavy atom. The third-order valence-electron chi connectivity index (χ3n) is 4.58. The van der Waals surface area contributed by atoms with Crippen LogP contribution >= 0.6 is 0 Å². The van der Waals surface area contributed by atoms with Gasteiger partial charge in [-0.25, -0.2) is 0 Å². The highest BCUT2D eigenvalue weighted by molar-refractivity contribution is 5.99. The van der Waals surface area contributed by atoms with Crippen molar-refractivity contribution in [1.82, 2.24) is 0 Å². The summed E-state index contributed by atoms with van der Waals surface area (Å²) in [7, 11) is 1.29. The van der Waals surface area contributed by atoms with Gasteiger partial charge in [-0.05, 0) is 44.4 Å². The Hall–Kier alpha value is -1.24. The number of allylic oxidation sites excluding steroid dienone is 1. The molecule has 0 spiro atoms. The van der Waals surface area contributed by atoms with Crippen LogP contribution in [0.5, 0.6) is 0 Å². The second-order valence-corrected chi connectivity index (χ2v) is 6.44. The van der Waals surface area contributed by atoms with Crippen molar-refractivity contribution in [2.45, 2.75) is 57.3 Å². The molecule has 0 saturated carbocycles. The molecule has 1 aliphatic heterocycles. The van der Waals surface area contributed by atoms with Gasteiger partial charge in [0.25, 0.3) is 0 Å². The minimum atomic E-state index is -0.814. The number of hydrogen-bond donors (Lipinski definition) is 1. The first-order valence-electron chi connectivity index (χ1n) is 8.82. The van der Waals surface area contributed by atoms with E-state index in [0.29, 0.717) is 25.9 Å². The number of aliphatic hydroxyl groups excluding tert-OH is 1. The highest BCUT2D eigenvalue weighted by Gasteiger charge is 2.36. The van der Waals surface area contributed by atoms with E-state index >= 15 is 0 Å². The average Bonchev–Trinajstić information content (AvgIpc) is 3.01. The minimum Gasteiger partial charge on any atom is -0.468 e. The van der Waals surface area contributed by atoms with Gasteiger partial charge in [-0.3, -0.25) is 9.59 Å². The van der Waals surface area contributed by atoms with Crippen molar-refractivity contribution in [3.05, 3.63) is 12.2 Å². The molecule has 0 radical (unpaired) electrons. The zero-order valence-electron chi connectivity index (χ0n) is 14.3. The van der Waals surface area contributed by atoms with E-state index in [9.17, 15) is 14.7 Å². The number of methoxy groups -OCH3 is 1. The van der Waals surface area contributed by atoms with Gasteiger partial charge in [-0.2, -0.15) is 0 Å². The van der Waals surface area contributed by atoms with E-state index in [1.54, 1.807) is 12.2 Å². The number of aliphatic hydroxyl groups is 1. The number of ether oxygens (including phenoxy) is 3. The normalized spacial score (nSPS) is 27.8. The molecule has 1 N–H and O–H groups in total. The van der Waals surface area contributed by atoms with Crippen LogP contribution in [0.4, 0.5) is 0 Å². The van der Waals surface area contributed by atoms with Crippen molar-refractivity contribution in [1.29, 1.82) is 0 Å². The molecule has 1 aliphatic carbocycles. The fraction of sp³-hybridized carbons (Fsp3) is 0.778. The Labute approximate surface area is 143 Å². The Kier molecular flexibility index (Phi) is 7.88. The molecule has 0 aromatic heterocycles. The quantitative estimate of drug-likeness (QED) is 0.299. The molecule has 0 amide bonds. The topological polar surface area (TPSA) is 82.1 Å². The molecule has 2 aliphatic rings. The molecule has 0 bridgehead atoms. The van der Waals surface area contributed by atoms with Gasteiger partial charge in [0.2, 0.25) is 0 Å². The van der Waals surface area contributed by atoms with E-state index in [0.717, 1.165) is 32.3 Å². The molecule has 24 heavy (non-hydrogen) atoms. The molecule has 4 atom stereocenters. The first-order chi connectivity index (χ1) is 11.6. The van der Waals surface area contributed by atoms with Crippen LogP contribution in [-0.4, -0.2) is 49.6 Å². The lowest BCUT2D eigenvalue weighted by atomic mass is 9.86. The molecular formula is C18H28O6. The fourth-order valence-electron chi connectivity index (χ4n) is 3.24. The number of unbranched alkanes of at least 4 members (excludes halogenated alkanes) is 1. The molecule has 6 heteroatoms. The number of rotatable bonds is 9. The molecule has 0 aromatic carbocycles. The largest absolute Gasteiger partial charge is 0.468 e. The summed E-state index contributed by atoms with van der Waals surface area (Å²) in [6, 6.07) is 0. The summed E-state index contributed by atoms with van der Waals surface area (Å²) < 4.78 is 15.9. The highest BCUT2D eigenvalue weighted by Crippen LogP contribution is 2.28. The molecule has 6 nitrogen and oxygen atoms in total. The summed E-state index contributed by atoms with van der Waals surface area (Å²) in [5.41, 5.74) is 0. The maximum absolute atomic E-state index is 12.4. The van der Waals surface area contributed by atoms with Crippen molar-refractivity contribution < 1.29 is 28.9 Å². The summed E-state index contributed by atoms with van der Waals surface area (Å²) >= 11 is 0. The lowest BCUT2D eigenvalue weighted by Crippen LogP contribution is -2.31. The molecule has 1 heterocycles. The zero-order valence-corrected chi connectivity index (χ0v) is 14.3. The predicted octanol–water partition coefficient (Wildman–Crippen LogP) is 2.00. The van der Waals surface area contributed by atoms with Gasteiger partial charge >= 0.3 is 5.97 Å². The van der Waals surface area contributed by atoms with Crippen molar-refractivity contribution in [3.63, 3.8) is 0 Å². The smallest absolute Gasteiger partial charge is 0.316 e. The zero-order chi connectivity index (χ0) is 17.4. The van der Waals surface area contributed by atoms with E-state index in [4.69, 9.17) is 14.2 Å². The molecule has 0 aromatic rings. The van der Waals surface area contributed by atoms with Gasteiger partial charge in [-0.15, -0.1) is 0 Å². The van der Waals surface area contributed by atoms with E-state index < -0.39 is 18.0 Å². The van der Waals surface area contributed by atoms with Crippen molar-refractivity contribution >= 4 is 11.8 Å². The Morgan fingerprint density at radius 1 is 1.29 bits per heavy atom. The molecular weight excluding hydrogens is 312 g/mol. The van der Waals surface area contributed by atoms with Gasteiger partial charge < -0.3 is 19.3 Å². The van der Waals surface area contributed by atoms with Crippen LogP contribution in [0, 0.1) is 11.8 Å². The minimum absolute atomic E-state index is 0.109. The standard InChI is InChI=1S/C18H28O6/c1-22-18(21)17(13-8-9-14(19)12-13)15(20)6-2-4-10-23-16-7-3-5-11-24-16/h8-9,13-14,16-17,19H,2-7,10-12H2,1H3/t13-,14+,16?,17?/m0/s1. The summed E-state index contributed by atoms with van der Waals surface area (Å²) in [5.74, 6) is -1.73. The Bertz CT molecular complexity index is 441. The predicted molar refractivity (Wildman–Crippen MR) is 87.2 cm³/mol. The average molecular weight is 340 g/mol. The van der Waals surface area contributed by atoms with Gasteiger partial charge in [0.1, 0.15) is 11.7 Å². The Morgan fingerprint density at radius 3 is 2.75 bits per heavy atom. The fourth-order valence-corrected chi connectivity index (χ4v) is 3.24. The number of Topliss-reactive ketones (excluding diaryl/α,β-unsaturated/α-hetero) is 1. The summed E-state index contributed by atoms with van der Waals surface area (Å²) in [6.07, 6.45) is 7.96. The van der Waals surface area contributed by atoms with Gasteiger partial charge in [0.15, 0.2) is 6.29 Å². The molecule has 1 saturated heterocycles. The highest BCUT2D eigenvalue weighted by atomic mass is 16.7. The van der Waals surface area contributed by atoms with Gasteiger partial charge in [-0.1, -0.05) is 12.2 Å². The lowest BCUT2D eigenvalue weighted by Gasteiger charge is -2.22. The second-order valence-electron chi connectivity index (χ2n) is 6.44. The SMILES string of the molecule is COC(=O)C(C(=O)CCCCOC1CCCCO1)[C@H]1C=C[C@@H](O)C1. The van der Waals surface area contributed by atoms with E-state index in [1.807, 2.05) is 0 Å². The summed E-state index contributed by atoms with van der Waals surface area (Å²) in [6.45, 7) is 1.31. The number of carbonyl (C=O) groups excluding carboxylic acids is 2. The van der Waals surface area contributed by atoms with Gasteiger partial charge in [0, 0.05) is 19.6 Å². The first kappa shape index (κ1) is 19.1. The third kappa shape index (κ3) is 5.69. The maximum Gasteiger partial charge on any atom is 0.316 e. The molecule has 136 valence electrons. The first-order valence-corrected chi connectivity index (χ1v) is 8.82. The van der Waals surface area contributed by atoms with Crippen LogP contribution in [0.25, 0.3) is 0 Å². The monoisotopic (exact) mass is 340 g/mol. The van der Waals surface area contributed by atoms with Crippen molar-refractivity contribution in [2.75, 3.05) is 20.3 Å². The number of esters is 1. The second kappa shape index (κ2) is 9.91. The lowest BCUT2D eigenvalue weighted by molar-refractivity contribution is -0.162. The molecule has 2 unspecified atom stereocenters. The number of hydrogen-bond acceptors (Lipinski definition) is 6. The maximum atomic E-state index is 12.4. The van der Waals surface area contributed by atoms with Crippen LogP contribution in [0.15, 0.2) is 12.2 Å². The van der Waals surface area contributed by atoms with Crippen LogP contribution in [0.1, 0.15) is 44.9 Å². The van der Waals surface area contributed by atoms with Crippen molar-refractivity contribution in [3.8, 4) is 0 Å². The Balaban J connectivity index is 1.70. The van der Waals surface area contributed by atoms with Crippen LogP contribution in [0.2, 0.25) is 0 Å². The van der Waals surface area contributed by atoms with Crippen molar-refractivity contribution in [2.24, 2.45) is 11.8 Å². The number of ketones is 1.